The highest BCUT2D eigenvalue weighted by Gasteiger charge is 2.23. The first-order valence-corrected chi connectivity index (χ1v) is 8.97. The summed E-state index contributed by atoms with van der Waals surface area (Å²) < 4.78 is 10.8. The van der Waals surface area contributed by atoms with E-state index in [-0.39, 0.29) is 27.8 Å². The van der Waals surface area contributed by atoms with Crippen molar-refractivity contribution >= 4 is 16.7 Å². The highest BCUT2D eigenvalue weighted by atomic mass is 16.6. The molecule has 6 nitrogen and oxygen atoms in total. The smallest absolute Gasteiger partial charge is 0.353 e. The maximum absolute atomic E-state index is 11.8. The third-order valence-electron chi connectivity index (χ3n) is 4.20. The maximum atomic E-state index is 11.8. The number of hydrogen-bond donors (Lipinski definition) is 0. The average Bonchev–Trinajstić information content (AvgIpc) is 2.60. The molecule has 6 heteroatoms. The Morgan fingerprint density at radius 3 is 2.40 bits per heavy atom. The Kier molecular flexibility index (Phi) is 7.44. The van der Waals surface area contributed by atoms with Crippen molar-refractivity contribution in [2.24, 2.45) is 0 Å². The number of rotatable bonds is 11. The highest BCUT2D eigenvalue weighted by Crippen LogP contribution is 2.34. The monoisotopic (exact) mass is 347 g/mol. The molecule has 0 aliphatic heterocycles. The Hall–Kier alpha value is -2.37. The number of hydrogen-bond acceptors (Lipinski definition) is 5. The normalized spacial score (nSPS) is 10.9. The van der Waals surface area contributed by atoms with Crippen LogP contribution in [0.2, 0.25) is 0 Å². The van der Waals surface area contributed by atoms with Crippen LogP contribution < -0.4 is 10.2 Å². The topological polar surface area (TPSA) is 82.6 Å². The van der Waals surface area contributed by atoms with Crippen molar-refractivity contribution in [2.45, 2.75) is 58.3 Å². The Morgan fingerprint density at radius 1 is 1.04 bits per heavy atom. The van der Waals surface area contributed by atoms with Gasteiger partial charge in [0.05, 0.1) is 23.2 Å². The van der Waals surface area contributed by atoms with Gasteiger partial charge in [0.1, 0.15) is 0 Å². The van der Waals surface area contributed by atoms with Crippen molar-refractivity contribution < 1.29 is 14.1 Å². The van der Waals surface area contributed by atoms with Crippen LogP contribution in [0.5, 0.6) is 5.75 Å². The lowest BCUT2D eigenvalue weighted by Crippen LogP contribution is -2.04. The molecular formula is C19H25NO5. The number of benzene rings is 1. The van der Waals surface area contributed by atoms with Gasteiger partial charge in [0, 0.05) is 6.07 Å². The van der Waals surface area contributed by atoms with E-state index in [1.807, 2.05) is 0 Å². The van der Waals surface area contributed by atoms with Crippen LogP contribution >= 0.6 is 0 Å². The molecule has 0 aliphatic rings. The summed E-state index contributed by atoms with van der Waals surface area (Å²) in [6.07, 6.45) is 10.5. The van der Waals surface area contributed by atoms with Crippen LogP contribution in [0.4, 0.5) is 5.69 Å². The van der Waals surface area contributed by atoms with E-state index in [0.717, 1.165) is 19.3 Å². The molecule has 2 rings (SSSR count). The molecule has 136 valence electrons. The molecule has 0 aliphatic carbocycles. The van der Waals surface area contributed by atoms with Gasteiger partial charge in [-0.15, -0.1) is 0 Å². The lowest BCUT2D eigenvalue weighted by Gasteiger charge is -2.08. The van der Waals surface area contributed by atoms with Crippen molar-refractivity contribution in [3.05, 3.63) is 44.8 Å². The molecule has 0 atom stereocenters. The second-order valence-corrected chi connectivity index (χ2v) is 6.15. The quantitative estimate of drug-likeness (QED) is 0.316. The van der Waals surface area contributed by atoms with E-state index in [0.29, 0.717) is 6.61 Å². The molecule has 0 spiro atoms. The first kappa shape index (κ1) is 19.0. The van der Waals surface area contributed by atoms with E-state index < -0.39 is 4.92 Å². The minimum absolute atomic E-state index is 0.0362. The van der Waals surface area contributed by atoms with Gasteiger partial charge in [0.2, 0.25) is 11.3 Å². The molecule has 1 aromatic heterocycles. The van der Waals surface area contributed by atoms with Gasteiger partial charge in [-0.2, -0.15) is 0 Å². The summed E-state index contributed by atoms with van der Waals surface area (Å²) in [5.74, 6) is 0.148. The van der Waals surface area contributed by atoms with Crippen LogP contribution in [0.3, 0.4) is 0 Å². The van der Waals surface area contributed by atoms with Crippen LogP contribution in [0.1, 0.15) is 58.3 Å². The Balaban J connectivity index is 1.90. The third kappa shape index (κ3) is 5.31. The fraction of sp³-hybridized carbons (Fsp3) is 0.526. The lowest BCUT2D eigenvalue weighted by molar-refractivity contribution is -0.384. The molecule has 25 heavy (non-hydrogen) atoms. The van der Waals surface area contributed by atoms with Crippen molar-refractivity contribution in [3.8, 4) is 5.75 Å². The first-order valence-electron chi connectivity index (χ1n) is 8.97. The molecular weight excluding hydrogens is 322 g/mol. The number of unbranched alkanes of at least 4 members (excludes halogenated alkanes) is 7. The summed E-state index contributed by atoms with van der Waals surface area (Å²) in [5.41, 5.74) is -0.625. The van der Waals surface area contributed by atoms with Crippen LogP contribution in [0, 0.1) is 10.1 Å². The van der Waals surface area contributed by atoms with E-state index in [4.69, 9.17) is 9.15 Å². The zero-order chi connectivity index (χ0) is 18.1. The summed E-state index contributed by atoms with van der Waals surface area (Å²) in [4.78, 5) is 22.6. The zero-order valence-corrected chi connectivity index (χ0v) is 14.7. The van der Waals surface area contributed by atoms with Crippen molar-refractivity contribution in [3.63, 3.8) is 0 Å². The van der Waals surface area contributed by atoms with Gasteiger partial charge in [-0.25, -0.2) is 0 Å². The van der Waals surface area contributed by atoms with Gasteiger partial charge in [-0.1, -0.05) is 51.9 Å². The fourth-order valence-corrected chi connectivity index (χ4v) is 2.83. The van der Waals surface area contributed by atoms with E-state index in [2.05, 4.69) is 6.92 Å². The largest absolute Gasteiger partial charge is 0.487 e. The van der Waals surface area contributed by atoms with E-state index in [1.165, 1.54) is 56.6 Å². The summed E-state index contributed by atoms with van der Waals surface area (Å²) in [6.45, 7) is 2.62. The van der Waals surface area contributed by atoms with Crippen molar-refractivity contribution in [2.75, 3.05) is 6.61 Å². The molecule has 2 aromatic rings. The van der Waals surface area contributed by atoms with Gasteiger partial charge in [-0.3, -0.25) is 14.9 Å². The molecule has 1 heterocycles. The molecule has 0 bridgehead atoms. The Labute approximate surface area is 146 Å². The summed E-state index contributed by atoms with van der Waals surface area (Å²) in [6, 6.07) is 4.23. The van der Waals surface area contributed by atoms with Gasteiger partial charge in [0.25, 0.3) is 0 Å². The first-order chi connectivity index (χ1) is 12.1. The van der Waals surface area contributed by atoms with Crippen molar-refractivity contribution in [1.82, 2.24) is 0 Å². The van der Waals surface area contributed by atoms with Crippen molar-refractivity contribution in [1.29, 1.82) is 0 Å². The third-order valence-corrected chi connectivity index (χ3v) is 4.20. The van der Waals surface area contributed by atoms with Crippen LogP contribution in [0.15, 0.2) is 33.7 Å². The molecule has 0 saturated carbocycles. The second kappa shape index (κ2) is 9.81. The predicted molar refractivity (Wildman–Crippen MR) is 97.2 cm³/mol. The minimum Gasteiger partial charge on any atom is -0.487 e. The number of fused-ring (bicyclic) bond motifs is 1. The van der Waals surface area contributed by atoms with Gasteiger partial charge in [-0.05, 0) is 18.6 Å². The number of nitrogens with zero attached hydrogens (tertiary/aromatic N) is 1. The molecule has 0 amide bonds. The number of ether oxygens (including phenoxy) is 1. The molecule has 0 N–H and O–H groups in total. The summed E-state index contributed by atoms with van der Waals surface area (Å²) >= 11 is 0. The predicted octanol–water partition coefficient (Wildman–Crippen LogP) is 5.22. The van der Waals surface area contributed by atoms with E-state index >= 15 is 0 Å². The summed E-state index contributed by atoms with van der Waals surface area (Å²) in [7, 11) is 0. The fourth-order valence-electron chi connectivity index (χ4n) is 2.83. The molecule has 0 fully saturated rings. The molecule has 0 radical (unpaired) electrons. The average molecular weight is 347 g/mol. The zero-order valence-electron chi connectivity index (χ0n) is 14.7. The molecule has 1 aromatic carbocycles. The lowest BCUT2D eigenvalue weighted by atomic mass is 10.1. The number of nitro groups is 1. The molecule has 0 saturated heterocycles. The standard InChI is InChI=1S/C19H25NO5/c1-2-3-4-5-6-7-8-9-13-24-17-11-10-15-16(21)12-14-25-19(15)18(17)20(22)23/h10-12,14H,2-9,13H2,1H3. The van der Waals surface area contributed by atoms with Crippen LogP contribution in [0.25, 0.3) is 11.0 Å². The number of nitro benzene ring substituents is 1. The second-order valence-electron chi connectivity index (χ2n) is 6.15. The SMILES string of the molecule is CCCCCCCCCCOc1ccc2c(=O)ccoc2c1[N+](=O)[O-]. The Morgan fingerprint density at radius 2 is 1.72 bits per heavy atom. The van der Waals surface area contributed by atoms with Gasteiger partial charge >= 0.3 is 5.69 Å². The van der Waals surface area contributed by atoms with E-state index in [1.54, 1.807) is 0 Å². The Bertz CT molecular complexity index is 753. The van der Waals surface area contributed by atoms with Crippen LogP contribution in [-0.4, -0.2) is 11.5 Å². The minimum atomic E-state index is -0.561. The van der Waals surface area contributed by atoms with Crippen LogP contribution in [-0.2, 0) is 0 Å². The van der Waals surface area contributed by atoms with E-state index in [9.17, 15) is 14.9 Å². The summed E-state index contributed by atoms with van der Waals surface area (Å²) in [5, 5.41) is 11.6. The maximum Gasteiger partial charge on any atom is 0.353 e. The highest BCUT2D eigenvalue weighted by molar-refractivity contribution is 5.88. The van der Waals surface area contributed by atoms with Gasteiger partial charge < -0.3 is 9.15 Å². The molecule has 0 unspecified atom stereocenters. The van der Waals surface area contributed by atoms with Gasteiger partial charge in [0.15, 0.2) is 5.43 Å².